The second-order valence-electron chi connectivity index (χ2n) is 6.70. The van der Waals surface area contributed by atoms with Gasteiger partial charge in [0.25, 0.3) is 5.91 Å². The fourth-order valence-electron chi connectivity index (χ4n) is 3.07. The number of para-hydroxylation sites is 1. The number of piperidine rings is 1. The lowest BCUT2D eigenvalue weighted by atomic mass is 9.99. The Morgan fingerprint density at radius 3 is 2.31 bits per heavy atom. The number of nitrogens with zero attached hydrogens (tertiary/aromatic N) is 1. The van der Waals surface area contributed by atoms with E-state index in [2.05, 4.69) is 29.3 Å². The number of halogens is 2. The van der Waals surface area contributed by atoms with Crippen molar-refractivity contribution < 1.29 is 4.79 Å². The number of rotatable bonds is 4. The van der Waals surface area contributed by atoms with Gasteiger partial charge in [0, 0.05) is 17.9 Å². The number of hydrogen-bond acceptors (Lipinski definition) is 3. The summed E-state index contributed by atoms with van der Waals surface area (Å²) < 4.78 is 0. The third kappa shape index (κ3) is 5.90. The Morgan fingerprint density at radius 2 is 1.69 bits per heavy atom. The first-order valence-corrected chi connectivity index (χ1v) is 8.59. The minimum absolute atomic E-state index is 0. The van der Waals surface area contributed by atoms with E-state index >= 15 is 0 Å². The largest absolute Gasteiger partial charge is 0.398 e. The Kier molecular flexibility index (Phi) is 8.93. The van der Waals surface area contributed by atoms with Crippen LogP contribution in [0.2, 0.25) is 0 Å². The van der Waals surface area contributed by atoms with Crippen LogP contribution in [0.5, 0.6) is 0 Å². The van der Waals surface area contributed by atoms with Crippen LogP contribution >= 0.6 is 24.8 Å². The van der Waals surface area contributed by atoms with Crippen LogP contribution in [0.4, 0.5) is 11.4 Å². The average molecular weight is 396 g/mol. The fraction of sp³-hybridized carbons (Fsp3) is 0.350. The summed E-state index contributed by atoms with van der Waals surface area (Å²) in [6, 6.07) is 15.2. The molecule has 0 aliphatic carbocycles. The van der Waals surface area contributed by atoms with Gasteiger partial charge in [-0.1, -0.05) is 31.2 Å². The number of hydrogen-bond donors (Lipinski definition) is 2. The van der Waals surface area contributed by atoms with Crippen LogP contribution in [0.3, 0.4) is 0 Å². The zero-order chi connectivity index (χ0) is 16.9. The molecule has 1 heterocycles. The molecule has 3 rings (SSSR count). The number of benzene rings is 2. The van der Waals surface area contributed by atoms with Gasteiger partial charge in [0.05, 0.1) is 5.56 Å². The van der Waals surface area contributed by atoms with Crippen molar-refractivity contribution in [1.82, 2.24) is 4.90 Å². The van der Waals surface area contributed by atoms with Crippen LogP contribution in [0.25, 0.3) is 0 Å². The van der Waals surface area contributed by atoms with Crippen LogP contribution in [0.1, 0.15) is 35.7 Å². The van der Waals surface area contributed by atoms with Gasteiger partial charge in [-0.2, -0.15) is 0 Å². The molecule has 1 fully saturated rings. The van der Waals surface area contributed by atoms with Crippen LogP contribution in [0.15, 0.2) is 48.5 Å². The first-order chi connectivity index (χ1) is 11.6. The van der Waals surface area contributed by atoms with E-state index in [0.29, 0.717) is 11.3 Å². The molecular formula is C20H27Cl2N3O. The molecule has 1 amide bonds. The summed E-state index contributed by atoms with van der Waals surface area (Å²) in [5, 5.41) is 2.90. The third-order valence-corrected chi connectivity index (χ3v) is 4.70. The highest BCUT2D eigenvalue weighted by Crippen LogP contribution is 2.19. The number of anilines is 2. The quantitative estimate of drug-likeness (QED) is 0.743. The minimum atomic E-state index is -0.175. The van der Waals surface area contributed by atoms with E-state index in [-0.39, 0.29) is 30.7 Å². The maximum atomic E-state index is 12.3. The summed E-state index contributed by atoms with van der Waals surface area (Å²) in [7, 11) is 0. The molecule has 6 heteroatoms. The fourth-order valence-corrected chi connectivity index (χ4v) is 3.07. The Hall–Kier alpha value is -1.75. The molecule has 1 aliphatic heterocycles. The molecule has 0 atom stereocenters. The van der Waals surface area contributed by atoms with Gasteiger partial charge >= 0.3 is 0 Å². The van der Waals surface area contributed by atoms with Crippen molar-refractivity contribution in [2.24, 2.45) is 5.92 Å². The van der Waals surface area contributed by atoms with Crippen molar-refractivity contribution in [3.05, 3.63) is 59.7 Å². The van der Waals surface area contributed by atoms with Gasteiger partial charge in [0.1, 0.15) is 0 Å². The molecule has 1 saturated heterocycles. The van der Waals surface area contributed by atoms with Crippen LogP contribution in [0, 0.1) is 5.92 Å². The predicted octanol–water partition coefficient (Wildman–Crippen LogP) is 4.60. The molecule has 0 spiro atoms. The Morgan fingerprint density at radius 1 is 1.08 bits per heavy atom. The highest BCUT2D eigenvalue weighted by atomic mass is 35.5. The van der Waals surface area contributed by atoms with Crippen molar-refractivity contribution in [2.45, 2.75) is 26.3 Å². The molecule has 3 N–H and O–H groups in total. The van der Waals surface area contributed by atoms with E-state index in [1.807, 2.05) is 24.3 Å². The van der Waals surface area contributed by atoms with Gasteiger partial charge in [-0.3, -0.25) is 9.69 Å². The number of nitrogens with one attached hydrogen (secondary N) is 1. The van der Waals surface area contributed by atoms with Gasteiger partial charge in [-0.25, -0.2) is 0 Å². The number of nitrogen functional groups attached to an aromatic ring is 1. The van der Waals surface area contributed by atoms with Gasteiger partial charge < -0.3 is 11.1 Å². The maximum Gasteiger partial charge on any atom is 0.257 e. The van der Waals surface area contributed by atoms with Crippen molar-refractivity contribution in [3.8, 4) is 0 Å². The summed E-state index contributed by atoms with van der Waals surface area (Å²) in [6.45, 7) is 5.65. The molecule has 4 nitrogen and oxygen atoms in total. The lowest BCUT2D eigenvalue weighted by Crippen LogP contribution is -2.32. The molecule has 1 aliphatic rings. The van der Waals surface area contributed by atoms with E-state index in [1.165, 1.54) is 31.5 Å². The van der Waals surface area contributed by atoms with Gasteiger partial charge in [0.15, 0.2) is 0 Å². The Balaban J connectivity index is 0.00000169. The monoisotopic (exact) mass is 395 g/mol. The Labute approximate surface area is 168 Å². The molecule has 142 valence electrons. The summed E-state index contributed by atoms with van der Waals surface area (Å²) in [6.07, 6.45) is 2.57. The van der Waals surface area contributed by atoms with Gasteiger partial charge in [-0.05, 0) is 61.7 Å². The summed E-state index contributed by atoms with van der Waals surface area (Å²) in [4.78, 5) is 14.8. The van der Waals surface area contributed by atoms with Crippen LogP contribution in [-0.2, 0) is 6.54 Å². The SMILES string of the molecule is CC1CCN(Cc2ccc(NC(=O)c3ccccc3N)cc2)CC1.Cl.Cl. The molecule has 0 radical (unpaired) electrons. The zero-order valence-corrected chi connectivity index (χ0v) is 16.6. The topological polar surface area (TPSA) is 58.4 Å². The van der Waals surface area contributed by atoms with E-state index in [1.54, 1.807) is 12.1 Å². The van der Waals surface area contributed by atoms with Crippen LogP contribution in [-0.4, -0.2) is 23.9 Å². The third-order valence-electron chi connectivity index (χ3n) is 4.70. The number of likely N-dealkylation sites (tertiary alicyclic amines) is 1. The zero-order valence-electron chi connectivity index (χ0n) is 15.0. The Bertz CT molecular complexity index is 698. The molecular weight excluding hydrogens is 369 g/mol. The number of carbonyl (C=O) groups is 1. The highest BCUT2D eigenvalue weighted by Gasteiger charge is 2.15. The van der Waals surface area contributed by atoms with E-state index in [0.717, 1.165) is 18.2 Å². The van der Waals surface area contributed by atoms with Crippen molar-refractivity contribution in [1.29, 1.82) is 0 Å². The highest BCUT2D eigenvalue weighted by molar-refractivity contribution is 6.07. The molecule has 0 unspecified atom stereocenters. The van der Waals surface area contributed by atoms with Gasteiger partial charge in [-0.15, -0.1) is 24.8 Å². The second-order valence-corrected chi connectivity index (χ2v) is 6.70. The van der Waals surface area contributed by atoms with E-state index < -0.39 is 0 Å². The van der Waals surface area contributed by atoms with Crippen LogP contribution < -0.4 is 11.1 Å². The predicted molar refractivity (Wildman–Crippen MR) is 113 cm³/mol. The summed E-state index contributed by atoms with van der Waals surface area (Å²) in [5.41, 5.74) is 8.91. The number of nitrogens with two attached hydrogens (primary N) is 1. The molecule has 0 saturated carbocycles. The molecule has 2 aromatic rings. The standard InChI is InChI=1S/C20H25N3O.2ClH/c1-15-10-12-23(13-11-15)14-16-6-8-17(9-7-16)22-20(24)18-4-2-3-5-19(18)21;;/h2-9,15H,10-14,21H2,1H3,(H,22,24);2*1H. The summed E-state index contributed by atoms with van der Waals surface area (Å²) >= 11 is 0. The smallest absolute Gasteiger partial charge is 0.257 e. The lowest BCUT2D eigenvalue weighted by Gasteiger charge is -2.30. The van der Waals surface area contributed by atoms with E-state index in [9.17, 15) is 4.79 Å². The molecule has 2 aromatic carbocycles. The number of amides is 1. The molecule has 0 bridgehead atoms. The van der Waals surface area contributed by atoms with Crippen molar-refractivity contribution in [2.75, 3.05) is 24.1 Å². The second kappa shape index (κ2) is 10.4. The molecule has 26 heavy (non-hydrogen) atoms. The molecule has 0 aromatic heterocycles. The van der Waals surface area contributed by atoms with E-state index in [4.69, 9.17) is 5.73 Å². The number of carbonyl (C=O) groups excluding carboxylic acids is 1. The first-order valence-electron chi connectivity index (χ1n) is 8.59. The van der Waals surface area contributed by atoms with Crippen molar-refractivity contribution >= 4 is 42.1 Å². The lowest BCUT2D eigenvalue weighted by molar-refractivity contribution is 0.102. The first kappa shape index (κ1) is 22.3. The maximum absolute atomic E-state index is 12.3. The average Bonchev–Trinajstić information content (AvgIpc) is 2.59. The van der Waals surface area contributed by atoms with Gasteiger partial charge in [0.2, 0.25) is 0 Å². The normalized spacial score (nSPS) is 14.8. The minimum Gasteiger partial charge on any atom is -0.398 e. The van der Waals surface area contributed by atoms with Crippen molar-refractivity contribution in [3.63, 3.8) is 0 Å². The summed E-state index contributed by atoms with van der Waals surface area (Å²) in [5.74, 6) is 0.676.